The van der Waals surface area contributed by atoms with Crippen molar-refractivity contribution in [2.45, 2.75) is 69.2 Å². The van der Waals surface area contributed by atoms with Gasteiger partial charge in [0.1, 0.15) is 11.8 Å². The molecule has 6 N–H and O–H groups in total. The largest absolute Gasteiger partial charge is 0.393 e. The van der Waals surface area contributed by atoms with Crippen molar-refractivity contribution in [1.29, 1.82) is 0 Å². The average Bonchev–Trinajstić information content (AvgIpc) is 3.02. The maximum Gasteiger partial charge on any atom is 0.191 e. The number of anilines is 3. The summed E-state index contributed by atoms with van der Waals surface area (Å²) in [5.74, 6) is 7.41. The molecule has 8 nitrogen and oxygen atoms in total. The van der Waals surface area contributed by atoms with Gasteiger partial charge in [0.05, 0.1) is 12.1 Å². The summed E-state index contributed by atoms with van der Waals surface area (Å²) in [6.45, 7) is 5.93. The van der Waals surface area contributed by atoms with E-state index in [2.05, 4.69) is 16.9 Å². The zero-order chi connectivity index (χ0) is 17.5. The van der Waals surface area contributed by atoms with Gasteiger partial charge in [0, 0.05) is 5.75 Å². The molecule has 0 amide bonds. The van der Waals surface area contributed by atoms with E-state index in [0.717, 1.165) is 25.0 Å². The summed E-state index contributed by atoms with van der Waals surface area (Å²) in [5.41, 5.74) is 12.3. The first kappa shape index (κ1) is 17.5. The average molecular weight is 354 g/mol. The van der Waals surface area contributed by atoms with Gasteiger partial charge in [-0.2, -0.15) is 0 Å². The van der Waals surface area contributed by atoms with Crippen molar-refractivity contribution in [2.75, 3.05) is 22.2 Å². The van der Waals surface area contributed by atoms with E-state index < -0.39 is 5.79 Å². The Bertz CT molecular complexity index is 614. The highest BCUT2D eigenvalue weighted by Gasteiger charge is 2.51. The summed E-state index contributed by atoms with van der Waals surface area (Å²) in [6.07, 6.45) is 2.71. The standard InChI is InChI=1S/C15H26N6O2S/c1-4-7-24-14-19-12(17)10(16)13(20-14)21(18)8-5-6-9-11(8)23-15(2,3)22-9/h8-9,11H,4-7,16,18H2,1-3H3,(H2,17,19,20). The van der Waals surface area contributed by atoms with Gasteiger partial charge in [0.25, 0.3) is 0 Å². The number of nitrogens with two attached hydrogens (primary N) is 3. The Hall–Kier alpha value is -1.29. The first-order chi connectivity index (χ1) is 11.3. The quantitative estimate of drug-likeness (QED) is 0.312. The third-order valence-corrected chi connectivity index (χ3v) is 5.37. The van der Waals surface area contributed by atoms with Gasteiger partial charge in [-0.1, -0.05) is 18.7 Å². The normalized spacial score (nSPS) is 28.1. The fourth-order valence-corrected chi connectivity index (χ4v) is 3.98. The van der Waals surface area contributed by atoms with Crippen molar-refractivity contribution >= 4 is 29.1 Å². The molecule has 2 aliphatic rings. The molecule has 3 rings (SSSR count). The predicted molar refractivity (Wildman–Crippen MR) is 95.4 cm³/mol. The Morgan fingerprint density at radius 2 is 2.00 bits per heavy atom. The van der Waals surface area contributed by atoms with Crippen LogP contribution in [-0.4, -0.2) is 39.8 Å². The first-order valence-electron chi connectivity index (χ1n) is 8.27. The van der Waals surface area contributed by atoms with Crippen LogP contribution in [0.3, 0.4) is 0 Å². The van der Waals surface area contributed by atoms with Gasteiger partial charge in [0.2, 0.25) is 0 Å². The fraction of sp³-hybridized carbons (Fsp3) is 0.733. The van der Waals surface area contributed by atoms with Crippen LogP contribution in [-0.2, 0) is 9.47 Å². The van der Waals surface area contributed by atoms with Crippen LogP contribution in [0.4, 0.5) is 17.3 Å². The van der Waals surface area contributed by atoms with E-state index >= 15 is 0 Å². The van der Waals surface area contributed by atoms with E-state index in [-0.39, 0.29) is 24.1 Å². The van der Waals surface area contributed by atoms with Gasteiger partial charge in [-0.05, 0) is 33.1 Å². The van der Waals surface area contributed by atoms with E-state index in [1.165, 1.54) is 0 Å². The highest BCUT2D eigenvalue weighted by molar-refractivity contribution is 7.99. The number of rotatable bonds is 5. The molecule has 1 aliphatic heterocycles. The summed E-state index contributed by atoms with van der Waals surface area (Å²) in [5, 5.41) is 2.17. The van der Waals surface area contributed by atoms with Crippen molar-refractivity contribution in [3.05, 3.63) is 0 Å². The minimum absolute atomic E-state index is 0.0467. The van der Waals surface area contributed by atoms with E-state index in [0.29, 0.717) is 16.7 Å². The number of nitrogens with zero attached hydrogens (tertiary/aromatic N) is 3. The second-order valence-corrected chi connectivity index (χ2v) is 7.73. The van der Waals surface area contributed by atoms with Crippen molar-refractivity contribution in [1.82, 2.24) is 9.97 Å². The molecule has 2 heterocycles. The zero-order valence-electron chi connectivity index (χ0n) is 14.4. The van der Waals surface area contributed by atoms with Crippen LogP contribution >= 0.6 is 11.8 Å². The fourth-order valence-electron chi connectivity index (χ4n) is 3.27. The lowest BCUT2D eigenvalue weighted by molar-refractivity contribution is -0.152. The summed E-state index contributed by atoms with van der Waals surface area (Å²) < 4.78 is 12.0. The highest BCUT2D eigenvalue weighted by atomic mass is 32.2. The number of fused-ring (bicyclic) bond motifs is 1. The number of thioether (sulfide) groups is 1. The van der Waals surface area contributed by atoms with Gasteiger partial charge >= 0.3 is 0 Å². The molecular formula is C15H26N6O2S. The van der Waals surface area contributed by atoms with E-state index in [1.807, 2.05) is 13.8 Å². The minimum atomic E-state index is -0.590. The third kappa shape index (κ3) is 3.26. The third-order valence-electron chi connectivity index (χ3n) is 4.32. The van der Waals surface area contributed by atoms with Gasteiger partial charge in [0.15, 0.2) is 22.6 Å². The molecule has 0 spiro atoms. The molecule has 134 valence electrons. The second-order valence-electron chi connectivity index (χ2n) is 6.67. The van der Waals surface area contributed by atoms with E-state index in [4.69, 9.17) is 26.8 Å². The number of hydrogen-bond acceptors (Lipinski definition) is 9. The summed E-state index contributed by atoms with van der Waals surface area (Å²) in [6, 6.07) is -0.0580. The molecule has 24 heavy (non-hydrogen) atoms. The maximum absolute atomic E-state index is 6.37. The molecule has 9 heteroatoms. The molecule has 0 radical (unpaired) electrons. The van der Waals surface area contributed by atoms with Crippen molar-refractivity contribution in [2.24, 2.45) is 5.84 Å². The molecule has 3 unspecified atom stereocenters. The number of hydrogen-bond donors (Lipinski definition) is 3. The number of hydrazine groups is 1. The summed E-state index contributed by atoms with van der Waals surface area (Å²) in [7, 11) is 0. The Balaban J connectivity index is 1.84. The molecule has 1 aromatic heterocycles. The SMILES string of the molecule is CCCSc1nc(N)c(N)c(N(N)C2CCC3OC(C)(C)OC32)n1. The van der Waals surface area contributed by atoms with Crippen molar-refractivity contribution < 1.29 is 9.47 Å². The van der Waals surface area contributed by atoms with Crippen LogP contribution in [0.15, 0.2) is 5.16 Å². The summed E-state index contributed by atoms with van der Waals surface area (Å²) >= 11 is 1.54. The van der Waals surface area contributed by atoms with Gasteiger partial charge in [-0.15, -0.1) is 0 Å². The van der Waals surface area contributed by atoms with Crippen LogP contribution in [0.2, 0.25) is 0 Å². The smallest absolute Gasteiger partial charge is 0.191 e. The topological polar surface area (TPSA) is 126 Å². The lowest BCUT2D eigenvalue weighted by Crippen LogP contribution is -2.48. The molecule has 3 atom stereocenters. The van der Waals surface area contributed by atoms with Crippen LogP contribution in [0.5, 0.6) is 0 Å². The molecule has 1 aromatic rings. The lowest BCUT2D eigenvalue weighted by atomic mass is 10.2. The second kappa shape index (κ2) is 6.55. The van der Waals surface area contributed by atoms with Crippen LogP contribution in [0, 0.1) is 0 Å². The highest BCUT2D eigenvalue weighted by Crippen LogP contribution is 2.41. The Kier molecular flexibility index (Phi) is 4.78. The van der Waals surface area contributed by atoms with E-state index in [9.17, 15) is 0 Å². The van der Waals surface area contributed by atoms with Gasteiger partial charge in [-0.3, -0.25) is 5.01 Å². The molecular weight excluding hydrogens is 328 g/mol. The van der Waals surface area contributed by atoms with Crippen LogP contribution in [0.25, 0.3) is 0 Å². The van der Waals surface area contributed by atoms with Gasteiger partial charge in [-0.25, -0.2) is 15.8 Å². The first-order valence-corrected chi connectivity index (χ1v) is 9.26. The van der Waals surface area contributed by atoms with Crippen molar-refractivity contribution in [3.63, 3.8) is 0 Å². The maximum atomic E-state index is 6.37. The van der Waals surface area contributed by atoms with Crippen LogP contribution in [0.1, 0.15) is 40.0 Å². The number of aromatic nitrogens is 2. The Labute approximate surface area is 146 Å². The van der Waals surface area contributed by atoms with Crippen molar-refractivity contribution in [3.8, 4) is 0 Å². The lowest BCUT2D eigenvalue weighted by Gasteiger charge is -2.30. The van der Waals surface area contributed by atoms with Gasteiger partial charge < -0.3 is 20.9 Å². The summed E-state index contributed by atoms with van der Waals surface area (Å²) in [4.78, 5) is 8.75. The Morgan fingerprint density at radius 1 is 1.25 bits per heavy atom. The van der Waals surface area contributed by atoms with Crippen LogP contribution < -0.4 is 22.3 Å². The number of nitrogen functional groups attached to an aromatic ring is 2. The predicted octanol–water partition coefficient (Wildman–Crippen LogP) is 1.51. The monoisotopic (exact) mass is 354 g/mol. The molecule has 0 aromatic carbocycles. The van der Waals surface area contributed by atoms with E-state index in [1.54, 1.807) is 16.8 Å². The molecule has 1 saturated carbocycles. The minimum Gasteiger partial charge on any atom is -0.393 e. The molecule has 0 bridgehead atoms. The molecule has 1 saturated heterocycles. The zero-order valence-corrected chi connectivity index (χ0v) is 15.2. The number of ether oxygens (including phenoxy) is 2. The molecule has 2 fully saturated rings. The Morgan fingerprint density at radius 3 is 2.71 bits per heavy atom. The molecule has 1 aliphatic carbocycles.